The number of rotatable bonds is 4. The second kappa shape index (κ2) is 7.86. The maximum atomic E-state index is 13.1. The van der Waals surface area contributed by atoms with Gasteiger partial charge >= 0.3 is 6.18 Å². The average Bonchev–Trinajstić information content (AvgIpc) is 3.05. The standard InChI is InChI=1S/C21H24F3N5O/c1-12-9-16(10-19(25-12)21(22,23)24)30-15-5-4-8-29(11-15)13(2)17-6-7-18-20(28-17)27-14(3)26-18/h6-7,9-10,13,15H,4-5,8,11H2,1-3H3,(H,26,27,28). The van der Waals surface area contributed by atoms with Crippen LogP contribution in [0.25, 0.3) is 11.2 Å². The van der Waals surface area contributed by atoms with Gasteiger partial charge in [-0.1, -0.05) is 0 Å². The van der Waals surface area contributed by atoms with E-state index in [0.29, 0.717) is 12.2 Å². The van der Waals surface area contributed by atoms with Crippen LogP contribution in [0.1, 0.15) is 48.7 Å². The lowest BCUT2D eigenvalue weighted by Crippen LogP contribution is -2.42. The Hall–Kier alpha value is -2.68. The van der Waals surface area contributed by atoms with Crippen molar-refractivity contribution < 1.29 is 17.9 Å². The fraction of sp³-hybridized carbons (Fsp3) is 0.476. The fourth-order valence-corrected chi connectivity index (χ4v) is 3.90. The molecule has 1 fully saturated rings. The molecule has 1 saturated heterocycles. The summed E-state index contributed by atoms with van der Waals surface area (Å²) in [5.41, 5.74) is 1.86. The number of aromatic nitrogens is 4. The van der Waals surface area contributed by atoms with Crippen LogP contribution < -0.4 is 4.74 Å². The van der Waals surface area contributed by atoms with Gasteiger partial charge in [-0.2, -0.15) is 13.2 Å². The van der Waals surface area contributed by atoms with Crippen molar-refractivity contribution in [3.63, 3.8) is 0 Å². The third kappa shape index (κ3) is 4.40. The SMILES string of the molecule is Cc1cc(OC2CCCN(C(C)c3ccc4[nH]c(C)nc4n3)C2)cc(C(F)(F)F)n1. The van der Waals surface area contributed by atoms with E-state index in [2.05, 4.69) is 31.8 Å². The number of nitrogens with zero attached hydrogens (tertiary/aromatic N) is 4. The summed E-state index contributed by atoms with van der Waals surface area (Å²) in [6.45, 7) is 7.00. The highest BCUT2D eigenvalue weighted by Crippen LogP contribution is 2.32. The van der Waals surface area contributed by atoms with Gasteiger partial charge in [0.1, 0.15) is 23.4 Å². The first kappa shape index (κ1) is 20.6. The first-order chi connectivity index (χ1) is 14.2. The number of aromatic amines is 1. The van der Waals surface area contributed by atoms with Crippen molar-refractivity contribution in [1.82, 2.24) is 24.8 Å². The number of hydrogen-bond donors (Lipinski definition) is 1. The molecule has 4 heterocycles. The summed E-state index contributed by atoms with van der Waals surface area (Å²) in [5, 5.41) is 0. The molecule has 0 bridgehead atoms. The molecule has 30 heavy (non-hydrogen) atoms. The number of ether oxygens (including phenoxy) is 1. The van der Waals surface area contributed by atoms with Gasteiger partial charge in [-0.25, -0.2) is 15.0 Å². The number of likely N-dealkylation sites (tertiary alicyclic amines) is 1. The molecule has 2 unspecified atom stereocenters. The van der Waals surface area contributed by atoms with Crippen LogP contribution in [-0.4, -0.2) is 44.0 Å². The van der Waals surface area contributed by atoms with Crippen molar-refractivity contribution in [3.8, 4) is 5.75 Å². The molecule has 0 aliphatic carbocycles. The Balaban J connectivity index is 1.48. The number of alkyl halides is 3. The molecule has 160 valence electrons. The summed E-state index contributed by atoms with van der Waals surface area (Å²) in [7, 11) is 0. The number of H-pyrrole nitrogens is 1. The Morgan fingerprint density at radius 1 is 1.17 bits per heavy atom. The van der Waals surface area contributed by atoms with Gasteiger partial charge in [0.05, 0.1) is 11.2 Å². The van der Waals surface area contributed by atoms with Crippen molar-refractivity contribution in [2.75, 3.05) is 13.1 Å². The Morgan fingerprint density at radius 3 is 2.73 bits per heavy atom. The normalized spacial score (nSPS) is 19.2. The predicted molar refractivity (Wildman–Crippen MR) is 106 cm³/mol. The molecule has 3 aromatic rings. The molecule has 0 saturated carbocycles. The quantitative estimate of drug-likeness (QED) is 0.670. The zero-order valence-corrected chi connectivity index (χ0v) is 17.1. The largest absolute Gasteiger partial charge is 0.489 e. The lowest BCUT2D eigenvalue weighted by atomic mass is 10.0. The number of hydrogen-bond acceptors (Lipinski definition) is 5. The van der Waals surface area contributed by atoms with Crippen LogP contribution in [0.4, 0.5) is 13.2 Å². The van der Waals surface area contributed by atoms with Crippen molar-refractivity contribution in [2.45, 2.75) is 51.9 Å². The summed E-state index contributed by atoms with van der Waals surface area (Å²) in [6.07, 6.45) is -3.00. The van der Waals surface area contributed by atoms with Gasteiger partial charge in [-0.3, -0.25) is 4.90 Å². The second-order valence-corrected chi connectivity index (χ2v) is 7.81. The van der Waals surface area contributed by atoms with Crippen LogP contribution in [0, 0.1) is 13.8 Å². The molecule has 0 spiro atoms. The molecule has 1 N–H and O–H groups in total. The van der Waals surface area contributed by atoms with Gasteiger partial charge < -0.3 is 9.72 Å². The van der Waals surface area contributed by atoms with E-state index in [1.165, 1.54) is 6.92 Å². The van der Waals surface area contributed by atoms with Gasteiger partial charge in [0.2, 0.25) is 0 Å². The second-order valence-electron chi connectivity index (χ2n) is 7.81. The van der Waals surface area contributed by atoms with E-state index in [1.54, 1.807) is 6.07 Å². The first-order valence-corrected chi connectivity index (χ1v) is 9.99. The van der Waals surface area contributed by atoms with E-state index in [1.807, 2.05) is 19.1 Å². The third-order valence-corrected chi connectivity index (χ3v) is 5.39. The minimum atomic E-state index is -4.49. The van der Waals surface area contributed by atoms with E-state index in [-0.39, 0.29) is 23.6 Å². The number of nitrogens with one attached hydrogen (secondary N) is 1. The minimum absolute atomic E-state index is 0.0442. The average molecular weight is 419 g/mol. The molecule has 0 amide bonds. The van der Waals surface area contributed by atoms with E-state index in [0.717, 1.165) is 42.5 Å². The Kier molecular flexibility index (Phi) is 5.40. The summed E-state index contributed by atoms with van der Waals surface area (Å²) in [4.78, 5) is 18.1. The van der Waals surface area contributed by atoms with Crippen LogP contribution >= 0.6 is 0 Å². The Morgan fingerprint density at radius 2 is 1.97 bits per heavy atom. The molecule has 6 nitrogen and oxygen atoms in total. The molecular weight excluding hydrogens is 395 g/mol. The number of piperidine rings is 1. The summed E-state index contributed by atoms with van der Waals surface area (Å²) >= 11 is 0. The van der Waals surface area contributed by atoms with Gasteiger partial charge in [-0.15, -0.1) is 0 Å². The maximum Gasteiger partial charge on any atom is 0.433 e. The topological polar surface area (TPSA) is 66.9 Å². The van der Waals surface area contributed by atoms with Crippen LogP contribution in [0.2, 0.25) is 0 Å². The van der Waals surface area contributed by atoms with Crippen LogP contribution in [0.15, 0.2) is 24.3 Å². The van der Waals surface area contributed by atoms with E-state index >= 15 is 0 Å². The van der Waals surface area contributed by atoms with Gasteiger partial charge in [0, 0.05) is 30.4 Å². The van der Waals surface area contributed by atoms with E-state index < -0.39 is 11.9 Å². The molecule has 2 atom stereocenters. The molecule has 1 aliphatic heterocycles. The molecule has 9 heteroatoms. The summed E-state index contributed by atoms with van der Waals surface area (Å²) in [6, 6.07) is 6.53. The van der Waals surface area contributed by atoms with Crippen molar-refractivity contribution in [3.05, 3.63) is 47.2 Å². The number of imidazole rings is 1. The molecule has 0 aromatic carbocycles. The van der Waals surface area contributed by atoms with Crippen molar-refractivity contribution in [2.24, 2.45) is 0 Å². The van der Waals surface area contributed by atoms with Crippen molar-refractivity contribution >= 4 is 11.2 Å². The molecule has 3 aromatic heterocycles. The number of aryl methyl sites for hydroxylation is 2. The lowest BCUT2D eigenvalue weighted by Gasteiger charge is -2.36. The zero-order valence-electron chi connectivity index (χ0n) is 17.1. The predicted octanol–water partition coefficient (Wildman–Crippen LogP) is 4.59. The monoisotopic (exact) mass is 419 g/mol. The minimum Gasteiger partial charge on any atom is -0.489 e. The maximum absolute atomic E-state index is 13.1. The number of pyridine rings is 2. The zero-order chi connectivity index (χ0) is 21.5. The number of fused-ring (bicyclic) bond motifs is 1. The van der Waals surface area contributed by atoms with E-state index in [4.69, 9.17) is 4.74 Å². The lowest BCUT2D eigenvalue weighted by molar-refractivity contribution is -0.141. The molecule has 4 rings (SSSR count). The molecule has 1 aliphatic rings. The fourth-order valence-electron chi connectivity index (χ4n) is 3.90. The summed E-state index contributed by atoms with van der Waals surface area (Å²) < 4.78 is 45.1. The Labute approximate surface area is 172 Å². The number of halogens is 3. The third-order valence-electron chi connectivity index (χ3n) is 5.39. The highest BCUT2D eigenvalue weighted by atomic mass is 19.4. The van der Waals surface area contributed by atoms with Crippen LogP contribution in [0.5, 0.6) is 5.75 Å². The Bertz CT molecular complexity index is 1050. The highest BCUT2D eigenvalue weighted by molar-refractivity contribution is 5.70. The first-order valence-electron chi connectivity index (χ1n) is 9.99. The molecule has 0 radical (unpaired) electrons. The van der Waals surface area contributed by atoms with Gasteiger partial charge in [0.25, 0.3) is 0 Å². The molecular formula is C21H24F3N5O. The van der Waals surface area contributed by atoms with E-state index in [9.17, 15) is 13.2 Å². The van der Waals surface area contributed by atoms with Crippen molar-refractivity contribution in [1.29, 1.82) is 0 Å². The van der Waals surface area contributed by atoms with Crippen LogP contribution in [-0.2, 0) is 6.18 Å². The van der Waals surface area contributed by atoms with Gasteiger partial charge in [-0.05, 0) is 52.3 Å². The van der Waals surface area contributed by atoms with Crippen LogP contribution in [0.3, 0.4) is 0 Å². The smallest absolute Gasteiger partial charge is 0.433 e. The highest BCUT2D eigenvalue weighted by Gasteiger charge is 2.34. The summed E-state index contributed by atoms with van der Waals surface area (Å²) in [5.74, 6) is 1.03. The van der Waals surface area contributed by atoms with Gasteiger partial charge in [0.15, 0.2) is 5.65 Å².